The van der Waals surface area contributed by atoms with Crippen LogP contribution in [0.4, 0.5) is 29.5 Å². The maximum absolute atomic E-state index is 12.7. The smallest absolute Gasteiger partial charge is 0.308 e. The molecule has 0 unspecified atom stereocenters. The van der Waals surface area contributed by atoms with E-state index in [1.54, 1.807) is 30.3 Å². The van der Waals surface area contributed by atoms with Gasteiger partial charge in [0.2, 0.25) is 0 Å². The first-order valence-electron chi connectivity index (χ1n) is 7.76. The number of urea groups is 1. The molecule has 2 aromatic rings. The third-order valence-electron chi connectivity index (χ3n) is 3.31. The molecule has 12 heteroatoms. The van der Waals surface area contributed by atoms with Gasteiger partial charge in [-0.2, -0.15) is 18.4 Å². The van der Waals surface area contributed by atoms with E-state index < -0.39 is 17.8 Å². The van der Waals surface area contributed by atoms with E-state index in [1.807, 2.05) is 0 Å². The van der Waals surface area contributed by atoms with Crippen molar-refractivity contribution in [2.45, 2.75) is 6.18 Å². The summed E-state index contributed by atoms with van der Waals surface area (Å²) >= 11 is 11.6. The van der Waals surface area contributed by atoms with Gasteiger partial charge < -0.3 is 5.32 Å². The highest BCUT2D eigenvalue weighted by Gasteiger charge is 2.32. The molecule has 0 aliphatic heterocycles. The van der Waals surface area contributed by atoms with Crippen LogP contribution in [0.3, 0.4) is 0 Å². The SMILES string of the molecule is CN(NC(=CC#N)NC(=O)Nc1ccc(Cl)cc1)c1ncc(C(F)(F)F)cc1Cl. The summed E-state index contributed by atoms with van der Waals surface area (Å²) in [6.45, 7) is 0. The second-order valence-electron chi connectivity index (χ2n) is 5.47. The Balaban J connectivity index is 2.08. The topological polar surface area (TPSA) is 93.1 Å². The maximum atomic E-state index is 12.7. The number of nitriles is 1. The number of nitrogens with zero attached hydrogens (tertiary/aromatic N) is 3. The average molecular weight is 445 g/mol. The van der Waals surface area contributed by atoms with E-state index in [0.29, 0.717) is 16.9 Å². The lowest BCUT2D eigenvalue weighted by Gasteiger charge is -2.23. The van der Waals surface area contributed by atoms with Gasteiger partial charge in [0.25, 0.3) is 0 Å². The molecule has 7 nitrogen and oxygen atoms in total. The Morgan fingerprint density at radius 3 is 2.48 bits per heavy atom. The number of alkyl halides is 3. The standard InChI is InChI=1S/C17H13Cl2F3N6O/c1-28(15-13(19)8-10(9-24-15)17(20,21)22)27-14(6-7-23)26-16(29)25-12-4-2-11(18)3-5-12/h2-6,8-9,27H,1H3,(H2,25,26,29). The molecule has 0 atom stereocenters. The molecule has 3 N–H and O–H groups in total. The zero-order valence-electron chi connectivity index (χ0n) is 14.7. The van der Waals surface area contributed by atoms with E-state index in [4.69, 9.17) is 28.5 Å². The van der Waals surface area contributed by atoms with Gasteiger partial charge in [-0.1, -0.05) is 23.2 Å². The van der Waals surface area contributed by atoms with Gasteiger partial charge >= 0.3 is 12.2 Å². The first-order chi connectivity index (χ1) is 13.6. The highest BCUT2D eigenvalue weighted by atomic mass is 35.5. The minimum absolute atomic E-state index is 0.0524. The maximum Gasteiger partial charge on any atom is 0.417 e. The average Bonchev–Trinajstić information content (AvgIpc) is 2.62. The van der Waals surface area contributed by atoms with E-state index in [-0.39, 0.29) is 16.7 Å². The number of halogens is 5. The van der Waals surface area contributed by atoms with Gasteiger partial charge in [0, 0.05) is 24.0 Å². The Kier molecular flexibility index (Phi) is 7.14. The number of hydrogen-bond donors (Lipinski definition) is 3. The van der Waals surface area contributed by atoms with Gasteiger partial charge in [-0.25, -0.2) is 9.78 Å². The molecule has 0 spiro atoms. The quantitative estimate of drug-likeness (QED) is 0.465. The van der Waals surface area contributed by atoms with Crippen molar-refractivity contribution < 1.29 is 18.0 Å². The summed E-state index contributed by atoms with van der Waals surface area (Å²) in [4.78, 5) is 15.8. The monoisotopic (exact) mass is 444 g/mol. The summed E-state index contributed by atoms with van der Waals surface area (Å²) in [5.41, 5.74) is 2.05. The zero-order valence-corrected chi connectivity index (χ0v) is 16.2. The molecule has 0 aliphatic carbocycles. The number of rotatable bonds is 5. The molecule has 1 heterocycles. The molecule has 29 heavy (non-hydrogen) atoms. The number of pyridine rings is 1. The lowest BCUT2D eigenvalue weighted by Crippen LogP contribution is -2.42. The first-order valence-corrected chi connectivity index (χ1v) is 8.52. The summed E-state index contributed by atoms with van der Waals surface area (Å²) < 4.78 is 38.2. The molecular formula is C17H13Cl2F3N6O. The number of aromatic nitrogens is 1. The predicted molar refractivity (Wildman–Crippen MR) is 103 cm³/mol. The normalized spacial score (nSPS) is 11.4. The van der Waals surface area contributed by atoms with E-state index in [2.05, 4.69) is 21.0 Å². The fraction of sp³-hybridized carbons (Fsp3) is 0.118. The van der Waals surface area contributed by atoms with Gasteiger partial charge in [-0.3, -0.25) is 15.8 Å². The highest BCUT2D eigenvalue weighted by Crippen LogP contribution is 2.32. The lowest BCUT2D eigenvalue weighted by atomic mass is 10.3. The van der Waals surface area contributed by atoms with Gasteiger partial charge in [-0.15, -0.1) is 0 Å². The summed E-state index contributed by atoms with van der Waals surface area (Å²) in [5.74, 6) is -0.123. The highest BCUT2D eigenvalue weighted by molar-refractivity contribution is 6.33. The van der Waals surface area contributed by atoms with Crippen molar-refractivity contribution in [2.75, 3.05) is 17.4 Å². The Morgan fingerprint density at radius 2 is 1.93 bits per heavy atom. The molecule has 0 fully saturated rings. The van der Waals surface area contributed by atoms with Crippen LogP contribution >= 0.6 is 23.2 Å². The summed E-state index contributed by atoms with van der Waals surface area (Å²) in [5, 5.41) is 15.2. The molecule has 0 radical (unpaired) electrons. The first kappa shape index (κ1) is 22.1. The van der Waals surface area contributed by atoms with Crippen LogP contribution in [0.15, 0.2) is 48.4 Å². The number of allylic oxidation sites excluding steroid dienone is 1. The van der Waals surface area contributed by atoms with Crippen molar-refractivity contribution >= 4 is 40.7 Å². The van der Waals surface area contributed by atoms with Crippen LogP contribution in [0, 0.1) is 11.3 Å². The van der Waals surface area contributed by atoms with Crippen LogP contribution in [0.1, 0.15) is 5.56 Å². The van der Waals surface area contributed by atoms with E-state index in [0.717, 1.165) is 17.2 Å². The van der Waals surface area contributed by atoms with Crippen LogP contribution < -0.4 is 21.1 Å². The molecule has 0 bridgehead atoms. The number of anilines is 2. The fourth-order valence-corrected chi connectivity index (χ4v) is 2.46. The van der Waals surface area contributed by atoms with Crippen molar-refractivity contribution in [1.29, 1.82) is 5.26 Å². The lowest BCUT2D eigenvalue weighted by molar-refractivity contribution is -0.137. The zero-order chi connectivity index (χ0) is 21.6. The Bertz CT molecular complexity index is 957. The Labute approximate surface area is 173 Å². The van der Waals surface area contributed by atoms with Crippen molar-refractivity contribution in [3.8, 4) is 6.07 Å². The van der Waals surface area contributed by atoms with E-state index >= 15 is 0 Å². The summed E-state index contributed by atoms with van der Waals surface area (Å²) in [6, 6.07) is 8.07. The number of hydrogen-bond acceptors (Lipinski definition) is 5. The number of amides is 2. The summed E-state index contributed by atoms with van der Waals surface area (Å²) in [6.07, 6.45) is -2.99. The molecule has 0 aliphatic rings. The minimum Gasteiger partial charge on any atom is -0.308 e. The molecule has 0 saturated heterocycles. The number of carbonyl (C=O) groups is 1. The fourth-order valence-electron chi connectivity index (χ4n) is 2.04. The molecule has 1 aromatic heterocycles. The molecular weight excluding hydrogens is 432 g/mol. The van der Waals surface area contributed by atoms with Gasteiger partial charge in [-0.05, 0) is 30.3 Å². The van der Waals surface area contributed by atoms with Crippen LogP contribution in [-0.4, -0.2) is 18.1 Å². The number of nitrogens with one attached hydrogen (secondary N) is 3. The van der Waals surface area contributed by atoms with Crippen molar-refractivity contribution in [3.05, 3.63) is 64.0 Å². The largest absolute Gasteiger partial charge is 0.417 e. The van der Waals surface area contributed by atoms with Gasteiger partial charge in [0.15, 0.2) is 5.82 Å². The number of benzene rings is 1. The minimum atomic E-state index is -4.59. The van der Waals surface area contributed by atoms with Gasteiger partial charge in [0.05, 0.1) is 22.7 Å². The van der Waals surface area contributed by atoms with Crippen molar-refractivity contribution in [1.82, 2.24) is 15.7 Å². The Morgan fingerprint density at radius 1 is 1.28 bits per heavy atom. The van der Waals surface area contributed by atoms with E-state index in [9.17, 15) is 18.0 Å². The van der Waals surface area contributed by atoms with Crippen LogP contribution in [0.25, 0.3) is 0 Å². The molecule has 0 saturated carbocycles. The molecule has 2 rings (SSSR count). The third-order valence-corrected chi connectivity index (χ3v) is 3.84. The molecule has 2 amide bonds. The number of carbonyl (C=O) groups excluding carboxylic acids is 1. The van der Waals surface area contributed by atoms with E-state index in [1.165, 1.54) is 7.05 Å². The molecule has 152 valence electrons. The van der Waals surface area contributed by atoms with Crippen LogP contribution in [-0.2, 0) is 6.18 Å². The summed E-state index contributed by atoms with van der Waals surface area (Å²) in [7, 11) is 1.39. The number of hydrazine groups is 1. The second-order valence-corrected chi connectivity index (χ2v) is 6.31. The Hall–Kier alpha value is -3.16. The van der Waals surface area contributed by atoms with Crippen molar-refractivity contribution in [3.63, 3.8) is 0 Å². The molecule has 1 aromatic carbocycles. The second kappa shape index (κ2) is 9.36. The van der Waals surface area contributed by atoms with Crippen LogP contribution in [0.5, 0.6) is 0 Å². The predicted octanol–water partition coefficient (Wildman–Crippen LogP) is 4.53. The third kappa shape index (κ3) is 6.44. The van der Waals surface area contributed by atoms with Gasteiger partial charge in [0.1, 0.15) is 5.82 Å². The van der Waals surface area contributed by atoms with Crippen LogP contribution in [0.2, 0.25) is 10.0 Å². The van der Waals surface area contributed by atoms with Crippen molar-refractivity contribution in [2.24, 2.45) is 0 Å².